The van der Waals surface area contributed by atoms with E-state index in [4.69, 9.17) is 9.47 Å². The molecule has 0 radical (unpaired) electrons. The highest BCUT2D eigenvalue weighted by Crippen LogP contribution is 2.25. The van der Waals surface area contributed by atoms with Crippen LogP contribution in [0.4, 0.5) is 0 Å². The fourth-order valence-corrected chi connectivity index (χ4v) is 3.54. The molecule has 1 saturated heterocycles. The van der Waals surface area contributed by atoms with Crippen molar-refractivity contribution in [2.24, 2.45) is 0 Å². The third-order valence-corrected chi connectivity index (χ3v) is 5.00. The molecule has 0 aliphatic carbocycles. The summed E-state index contributed by atoms with van der Waals surface area (Å²) < 4.78 is 35.5. The molecule has 20 heavy (non-hydrogen) atoms. The van der Waals surface area contributed by atoms with Crippen molar-refractivity contribution in [3.05, 3.63) is 29.8 Å². The van der Waals surface area contributed by atoms with Crippen molar-refractivity contribution in [3.8, 4) is 0 Å². The fraction of sp³-hybridized carbons (Fsp3) is 0.571. The van der Waals surface area contributed by atoms with Crippen LogP contribution in [0.25, 0.3) is 0 Å². The van der Waals surface area contributed by atoms with Crippen LogP contribution in [-0.2, 0) is 19.3 Å². The van der Waals surface area contributed by atoms with E-state index in [9.17, 15) is 13.5 Å². The van der Waals surface area contributed by atoms with Crippen LogP contribution in [-0.4, -0.2) is 37.8 Å². The van der Waals surface area contributed by atoms with Crippen molar-refractivity contribution < 1.29 is 23.0 Å². The standard InChI is InChI=1S/C14H20O5S/c1-10(15)11-4-6-13(7-5-11)20(16,17)9-12-8-18-14(2,3)19-12/h4-7,10,12,15H,8-9H2,1-3H3. The van der Waals surface area contributed by atoms with Crippen LogP contribution in [0, 0.1) is 0 Å². The van der Waals surface area contributed by atoms with Crippen molar-refractivity contribution in [2.45, 2.75) is 43.7 Å². The second kappa shape index (κ2) is 5.44. The number of hydrogen-bond donors (Lipinski definition) is 1. The Balaban J connectivity index is 2.11. The Hall–Kier alpha value is -0.950. The maximum Gasteiger partial charge on any atom is 0.181 e. The first kappa shape index (κ1) is 15.4. The summed E-state index contributed by atoms with van der Waals surface area (Å²) in [7, 11) is -3.42. The first-order chi connectivity index (χ1) is 9.20. The molecule has 0 saturated carbocycles. The highest BCUT2D eigenvalue weighted by Gasteiger charge is 2.35. The number of sulfone groups is 1. The molecule has 2 unspecified atom stereocenters. The van der Waals surface area contributed by atoms with E-state index in [2.05, 4.69) is 0 Å². The second-order valence-corrected chi connectivity index (χ2v) is 7.51. The fourth-order valence-electron chi connectivity index (χ4n) is 2.14. The summed E-state index contributed by atoms with van der Waals surface area (Å²) in [4.78, 5) is 0.232. The Morgan fingerprint density at radius 2 is 1.95 bits per heavy atom. The van der Waals surface area contributed by atoms with Gasteiger partial charge < -0.3 is 14.6 Å². The van der Waals surface area contributed by atoms with Gasteiger partial charge in [0, 0.05) is 0 Å². The van der Waals surface area contributed by atoms with Crippen LogP contribution in [0.15, 0.2) is 29.2 Å². The van der Waals surface area contributed by atoms with Gasteiger partial charge in [0.05, 0.1) is 29.5 Å². The molecular formula is C14H20O5S. The summed E-state index contributed by atoms with van der Waals surface area (Å²) in [6.45, 7) is 5.43. The van der Waals surface area contributed by atoms with Crippen LogP contribution >= 0.6 is 0 Å². The van der Waals surface area contributed by atoms with Crippen molar-refractivity contribution in [1.29, 1.82) is 0 Å². The van der Waals surface area contributed by atoms with Crippen molar-refractivity contribution in [2.75, 3.05) is 12.4 Å². The highest BCUT2D eigenvalue weighted by atomic mass is 32.2. The van der Waals surface area contributed by atoms with E-state index < -0.39 is 27.8 Å². The molecule has 0 aromatic heterocycles. The SMILES string of the molecule is CC(O)c1ccc(S(=O)(=O)CC2COC(C)(C)O2)cc1. The van der Waals surface area contributed by atoms with E-state index in [0.717, 1.165) is 0 Å². The van der Waals surface area contributed by atoms with E-state index >= 15 is 0 Å². The predicted molar refractivity (Wildman–Crippen MR) is 74.0 cm³/mol. The van der Waals surface area contributed by atoms with Gasteiger partial charge in [-0.05, 0) is 38.5 Å². The minimum absolute atomic E-state index is 0.107. The summed E-state index contributed by atoms with van der Waals surface area (Å²) in [6.07, 6.45) is -1.06. The van der Waals surface area contributed by atoms with E-state index in [1.165, 1.54) is 12.1 Å². The first-order valence-corrected chi connectivity index (χ1v) is 8.17. The molecule has 0 spiro atoms. The minimum atomic E-state index is -3.42. The quantitative estimate of drug-likeness (QED) is 0.915. The molecule has 5 nitrogen and oxygen atoms in total. The molecule has 1 aromatic rings. The lowest BCUT2D eigenvalue weighted by Crippen LogP contribution is -2.26. The number of aliphatic hydroxyl groups is 1. The Kier molecular flexibility index (Phi) is 4.20. The summed E-state index contributed by atoms with van der Waals surface area (Å²) in [5.41, 5.74) is 0.686. The Morgan fingerprint density at radius 1 is 1.35 bits per heavy atom. The summed E-state index contributed by atoms with van der Waals surface area (Å²) in [5.74, 6) is -0.833. The van der Waals surface area contributed by atoms with Gasteiger partial charge >= 0.3 is 0 Å². The van der Waals surface area contributed by atoms with Gasteiger partial charge in [-0.1, -0.05) is 12.1 Å². The molecule has 0 bridgehead atoms. The number of rotatable bonds is 4. The van der Waals surface area contributed by atoms with Crippen LogP contribution in [0.2, 0.25) is 0 Å². The molecule has 1 N–H and O–H groups in total. The van der Waals surface area contributed by atoms with E-state index in [-0.39, 0.29) is 17.3 Å². The molecule has 1 fully saturated rings. The molecule has 0 amide bonds. The van der Waals surface area contributed by atoms with Gasteiger partial charge in [-0.2, -0.15) is 0 Å². The summed E-state index contributed by atoms with van der Waals surface area (Å²) in [5, 5.41) is 9.42. The van der Waals surface area contributed by atoms with Gasteiger partial charge in [-0.25, -0.2) is 8.42 Å². The molecule has 1 aliphatic rings. The van der Waals surface area contributed by atoms with Gasteiger partial charge in [-0.3, -0.25) is 0 Å². The smallest absolute Gasteiger partial charge is 0.181 e. The summed E-state index contributed by atoms with van der Waals surface area (Å²) >= 11 is 0. The third kappa shape index (κ3) is 3.58. The van der Waals surface area contributed by atoms with Gasteiger partial charge in [0.15, 0.2) is 15.6 Å². The lowest BCUT2D eigenvalue weighted by molar-refractivity contribution is -0.135. The van der Waals surface area contributed by atoms with Gasteiger partial charge in [0.1, 0.15) is 0 Å². The van der Waals surface area contributed by atoms with Gasteiger partial charge in [0.25, 0.3) is 0 Å². The number of hydrogen-bond acceptors (Lipinski definition) is 5. The maximum atomic E-state index is 12.3. The molecular weight excluding hydrogens is 280 g/mol. The van der Waals surface area contributed by atoms with Crippen molar-refractivity contribution in [3.63, 3.8) is 0 Å². The van der Waals surface area contributed by atoms with Crippen molar-refractivity contribution >= 4 is 9.84 Å². The lowest BCUT2D eigenvalue weighted by atomic mass is 10.1. The largest absolute Gasteiger partial charge is 0.389 e. The minimum Gasteiger partial charge on any atom is -0.389 e. The maximum absolute atomic E-state index is 12.3. The van der Waals surface area contributed by atoms with Crippen molar-refractivity contribution in [1.82, 2.24) is 0 Å². The van der Waals surface area contributed by atoms with Crippen LogP contribution in [0.5, 0.6) is 0 Å². The first-order valence-electron chi connectivity index (χ1n) is 6.52. The van der Waals surface area contributed by atoms with Crippen LogP contribution in [0.3, 0.4) is 0 Å². The van der Waals surface area contributed by atoms with Crippen LogP contribution in [0.1, 0.15) is 32.4 Å². The highest BCUT2D eigenvalue weighted by molar-refractivity contribution is 7.91. The molecule has 1 heterocycles. The topological polar surface area (TPSA) is 72.8 Å². The third-order valence-electron chi connectivity index (χ3n) is 3.19. The molecule has 1 aliphatic heterocycles. The molecule has 112 valence electrons. The molecule has 6 heteroatoms. The zero-order chi connectivity index (χ0) is 15.0. The Morgan fingerprint density at radius 3 is 2.40 bits per heavy atom. The van der Waals surface area contributed by atoms with Gasteiger partial charge in [0.2, 0.25) is 0 Å². The monoisotopic (exact) mass is 300 g/mol. The van der Waals surface area contributed by atoms with E-state index in [0.29, 0.717) is 5.56 Å². The Bertz CT molecular complexity index is 560. The van der Waals surface area contributed by atoms with E-state index in [1.54, 1.807) is 32.9 Å². The zero-order valence-corrected chi connectivity index (χ0v) is 12.7. The number of benzene rings is 1. The average Bonchev–Trinajstić information content (AvgIpc) is 2.68. The van der Waals surface area contributed by atoms with E-state index in [1.807, 2.05) is 0 Å². The summed E-state index contributed by atoms with van der Waals surface area (Å²) in [6, 6.07) is 6.26. The normalized spacial score (nSPS) is 23.7. The zero-order valence-electron chi connectivity index (χ0n) is 11.9. The van der Waals surface area contributed by atoms with Gasteiger partial charge in [-0.15, -0.1) is 0 Å². The Labute approximate surface area is 119 Å². The lowest BCUT2D eigenvalue weighted by Gasteiger charge is -2.17. The number of ether oxygens (including phenoxy) is 2. The predicted octanol–water partition coefficient (Wildman–Crippen LogP) is 1.67. The average molecular weight is 300 g/mol. The number of aliphatic hydroxyl groups excluding tert-OH is 1. The molecule has 2 atom stereocenters. The van der Waals surface area contributed by atoms with Crippen LogP contribution < -0.4 is 0 Å². The second-order valence-electron chi connectivity index (χ2n) is 5.48. The molecule has 1 aromatic carbocycles. The molecule has 2 rings (SSSR count).